The van der Waals surface area contributed by atoms with Crippen LogP contribution in [0.4, 0.5) is 0 Å². The van der Waals surface area contributed by atoms with E-state index in [2.05, 4.69) is 28.9 Å². The smallest absolute Gasteiger partial charge is 0.259 e. The van der Waals surface area contributed by atoms with Crippen molar-refractivity contribution in [1.29, 1.82) is 0 Å². The Hall–Kier alpha value is -1.14. The molecular formula is C14H18Cl2N4O. The zero-order chi connectivity index (χ0) is 15.4. The molecule has 0 bridgehead atoms. The highest BCUT2D eigenvalue weighted by atomic mass is 35.5. The van der Waals surface area contributed by atoms with Gasteiger partial charge in [0.15, 0.2) is 5.82 Å². The highest BCUT2D eigenvalue weighted by Crippen LogP contribution is 2.29. The van der Waals surface area contributed by atoms with Crippen molar-refractivity contribution < 1.29 is 4.52 Å². The molecule has 0 saturated carbocycles. The van der Waals surface area contributed by atoms with Crippen molar-refractivity contribution >= 4 is 23.2 Å². The largest absolute Gasteiger partial charge is 0.334 e. The molecule has 0 saturated heterocycles. The van der Waals surface area contributed by atoms with Crippen molar-refractivity contribution in [3.63, 3.8) is 0 Å². The van der Waals surface area contributed by atoms with Gasteiger partial charge in [-0.15, -0.1) is 0 Å². The first-order valence-electron chi connectivity index (χ1n) is 6.82. The first-order valence-corrected chi connectivity index (χ1v) is 7.57. The minimum Gasteiger partial charge on any atom is -0.334 e. The van der Waals surface area contributed by atoms with E-state index in [1.807, 2.05) is 0 Å². The van der Waals surface area contributed by atoms with E-state index in [1.165, 1.54) is 0 Å². The number of hydrogen-bond donors (Lipinski definition) is 1. The van der Waals surface area contributed by atoms with Crippen LogP contribution in [0.25, 0.3) is 11.5 Å². The standard InChI is InChI=1S/C14H18Cl2N4O/c1-3-20(4-2)8-12(17)13-18-14(21-19-13)10-7-9(15)5-6-11(10)16/h5-7,12H,3-4,8,17H2,1-2H3. The number of nitrogens with zero attached hydrogens (tertiary/aromatic N) is 3. The average Bonchev–Trinajstić information content (AvgIpc) is 2.96. The molecule has 114 valence electrons. The predicted molar refractivity (Wildman–Crippen MR) is 84.5 cm³/mol. The first-order chi connectivity index (χ1) is 10.0. The van der Waals surface area contributed by atoms with Gasteiger partial charge in [-0.05, 0) is 31.3 Å². The number of likely N-dealkylation sites (N-methyl/N-ethyl adjacent to an activating group) is 1. The summed E-state index contributed by atoms with van der Waals surface area (Å²) in [5.74, 6) is 0.792. The molecule has 5 nitrogen and oxygen atoms in total. The molecule has 21 heavy (non-hydrogen) atoms. The normalized spacial score (nSPS) is 12.9. The molecular weight excluding hydrogens is 311 g/mol. The van der Waals surface area contributed by atoms with Crippen molar-refractivity contribution in [2.75, 3.05) is 19.6 Å². The van der Waals surface area contributed by atoms with E-state index in [4.69, 9.17) is 33.5 Å². The molecule has 7 heteroatoms. The van der Waals surface area contributed by atoms with Gasteiger partial charge < -0.3 is 15.2 Å². The van der Waals surface area contributed by atoms with Gasteiger partial charge in [-0.2, -0.15) is 4.98 Å². The Morgan fingerprint density at radius 2 is 2.00 bits per heavy atom. The van der Waals surface area contributed by atoms with Gasteiger partial charge in [-0.3, -0.25) is 0 Å². The van der Waals surface area contributed by atoms with Crippen LogP contribution >= 0.6 is 23.2 Å². The lowest BCUT2D eigenvalue weighted by molar-refractivity contribution is 0.278. The van der Waals surface area contributed by atoms with Gasteiger partial charge in [0.1, 0.15) is 0 Å². The van der Waals surface area contributed by atoms with Crippen LogP contribution in [0.15, 0.2) is 22.7 Å². The van der Waals surface area contributed by atoms with Crippen LogP contribution in [0, 0.1) is 0 Å². The summed E-state index contributed by atoms with van der Waals surface area (Å²) in [6.45, 7) is 6.70. The van der Waals surface area contributed by atoms with Gasteiger partial charge in [0.25, 0.3) is 5.89 Å². The van der Waals surface area contributed by atoms with Crippen LogP contribution in [0.2, 0.25) is 10.0 Å². The van der Waals surface area contributed by atoms with Gasteiger partial charge in [0, 0.05) is 11.6 Å². The highest BCUT2D eigenvalue weighted by Gasteiger charge is 2.18. The number of benzene rings is 1. The Balaban J connectivity index is 2.19. The summed E-state index contributed by atoms with van der Waals surface area (Å²) in [7, 11) is 0. The van der Waals surface area contributed by atoms with E-state index in [1.54, 1.807) is 18.2 Å². The third kappa shape index (κ3) is 3.95. The van der Waals surface area contributed by atoms with Crippen molar-refractivity contribution in [3.8, 4) is 11.5 Å². The minimum absolute atomic E-state index is 0.305. The third-order valence-electron chi connectivity index (χ3n) is 3.28. The van der Waals surface area contributed by atoms with Crippen LogP contribution in [-0.2, 0) is 0 Å². The summed E-state index contributed by atoms with van der Waals surface area (Å²) in [6.07, 6.45) is 0. The Labute approximate surface area is 134 Å². The lowest BCUT2D eigenvalue weighted by Crippen LogP contribution is -2.32. The molecule has 1 unspecified atom stereocenters. The first kappa shape index (κ1) is 16.2. The number of rotatable bonds is 6. The molecule has 0 aliphatic heterocycles. The fourth-order valence-corrected chi connectivity index (χ4v) is 2.37. The van der Waals surface area contributed by atoms with E-state index < -0.39 is 0 Å². The molecule has 2 N–H and O–H groups in total. The topological polar surface area (TPSA) is 68.2 Å². The van der Waals surface area contributed by atoms with Crippen LogP contribution in [0.5, 0.6) is 0 Å². The molecule has 0 aliphatic rings. The van der Waals surface area contributed by atoms with E-state index >= 15 is 0 Å². The van der Waals surface area contributed by atoms with Gasteiger partial charge in [0.05, 0.1) is 16.6 Å². The quantitative estimate of drug-likeness (QED) is 0.880. The maximum absolute atomic E-state index is 6.12. The van der Waals surface area contributed by atoms with Gasteiger partial charge in [-0.1, -0.05) is 42.2 Å². The van der Waals surface area contributed by atoms with E-state index in [9.17, 15) is 0 Å². The molecule has 1 aromatic carbocycles. The summed E-state index contributed by atoms with van der Waals surface area (Å²) in [4.78, 5) is 6.53. The van der Waals surface area contributed by atoms with Crippen LogP contribution in [0.3, 0.4) is 0 Å². The van der Waals surface area contributed by atoms with E-state index in [-0.39, 0.29) is 6.04 Å². The summed E-state index contributed by atoms with van der Waals surface area (Å²) in [6, 6.07) is 4.78. The van der Waals surface area contributed by atoms with Crippen molar-refractivity contribution in [2.45, 2.75) is 19.9 Å². The maximum Gasteiger partial charge on any atom is 0.259 e. The van der Waals surface area contributed by atoms with E-state index in [0.29, 0.717) is 33.9 Å². The van der Waals surface area contributed by atoms with Crippen LogP contribution in [0.1, 0.15) is 25.7 Å². The third-order valence-corrected chi connectivity index (χ3v) is 3.85. The number of nitrogens with two attached hydrogens (primary N) is 1. The average molecular weight is 329 g/mol. The molecule has 1 aromatic heterocycles. The monoisotopic (exact) mass is 328 g/mol. The Kier molecular flexibility index (Phi) is 5.58. The van der Waals surface area contributed by atoms with Crippen molar-refractivity contribution in [1.82, 2.24) is 15.0 Å². The molecule has 0 radical (unpaired) electrons. The molecule has 1 atom stereocenters. The van der Waals surface area contributed by atoms with Gasteiger partial charge >= 0.3 is 0 Å². The molecule has 2 rings (SSSR count). The second-order valence-electron chi connectivity index (χ2n) is 4.67. The second kappa shape index (κ2) is 7.22. The molecule has 0 spiro atoms. The lowest BCUT2D eigenvalue weighted by Gasteiger charge is -2.20. The molecule has 1 heterocycles. The van der Waals surface area contributed by atoms with Gasteiger partial charge in [0.2, 0.25) is 0 Å². The van der Waals surface area contributed by atoms with Crippen molar-refractivity contribution in [2.24, 2.45) is 5.73 Å². The highest BCUT2D eigenvalue weighted by molar-refractivity contribution is 6.35. The predicted octanol–water partition coefficient (Wildman–Crippen LogP) is 3.39. The summed E-state index contributed by atoms with van der Waals surface area (Å²) in [5, 5.41) is 5.01. The minimum atomic E-state index is -0.305. The fraction of sp³-hybridized carbons (Fsp3) is 0.429. The fourth-order valence-electron chi connectivity index (χ4n) is 2.00. The number of aromatic nitrogens is 2. The molecule has 0 amide bonds. The SMILES string of the molecule is CCN(CC)CC(N)c1noc(-c2cc(Cl)ccc2Cl)n1. The Bertz CT molecular complexity index is 598. The van der Waals surface area contributed by atoms with Crippen LogP contribution in [-0.4, -0.2) is 34.7 Å². The Morgan fingerprint density at radius 1 is 1.29 bits per heavy atom. The summed E-state index contributed by atoms with van der Waals surface area (Å²) < 4.78 is 5.25. The Morgan fingerprint density at radius 3 is 2.67 bits per heavy atom. The molecule has 0 fully saturated rings. The summed E-state index contributed by atoms with van der Waals surface area (Å²) >= 11 is 12.1. The van der Waals surface area contributed by atoms with Gasteiger partial charge in [-0.25, -0.2) is 0 Å². The zero-order valence-electron chi connectivity index (χ0n) is 12.0. The second-order valence-corrected chi connectivity index (χ2v) is 5.52. The number of hydrogen-bond acceptors (Lipinski definition) is 5. The van der Waals surface area contributed by atoms with Crippen molar-refractivity contribution in [3.05, 3.63) is 34.1 Å². The molecule has 0 aliphatic carbocycles. The zero-order valence-corrected chi connectivity index (χ0v) is 13.5. The number of halogens is 2. The summed E-state index contributed by atoms with van der Waals surface area (Å²) in [5.41, 5.74) is 6.73. The lowest BCUT2D eigenvalue weighted by atomic mass is 10.2. The maximum atomic E-state index is 6.12. The molecule has 2 aromatic rings. The van der Waals surface area contributed by atoms with E-state index in [0.717, 1.165) is 13.1 Å². The van der Waals surface area contributed by atoms with Crippen LogP contribution < -0.4 is 5.73 Å².